The van der Waals surface area contributed by atoms with E-state index < -0.39 is 0 Å². The van der Waals surface area contributed by atoms with Gasteiger partial charge in [-0.25, -0.2) is 9.97 Å². The zero-order valence-corrected chi connectivity index (χ0v) is 9.96. The molecule has 0 spiro atoms. The fraction of sp³-hybridized carbons (Fsp3) is 0.125. The Morgan fingerprint density at radius 3 is 3.20 bits per heavy atom. The Bertz CT molecular complexity index is 512. The van der Waals surface area contributed by atoms with Crippen molar-refractivity contribution < 1.29 is 4.79 Å². The number of thioether (sulfide) groups is 1. The van der Waals surface area contributed by atoms with Gasteiger partial charge >= 0.3 is 0 Å². The zero-order chi connectivity index (χ0) is 10.8. The lowest BCUT2D eigenvalue weighted by Crippen LogP contribution is -2.13. The Labute approximate surface area is 98.2 Å². The van der Waals surface area contributed by atoms with E-state index in [1.54, 1.807) is 12.4 Å². The number of hydrogen-bond acceptors (Lipinski definition) is 4. The van der Waals surface area contributed by atoms with Crippen molar-refractivity contribution in [1.82, 2.24) is 14.4 Å². The molecule has 0 atom stereocenters. The van der Waals surface area contributed by atoms with Gasteiger partial charge < -0.3 is 10.1 Å². The molecule has 2 aromatic rings. The molecule has 1 amide bonds. The first-order chi connectivity index (χ1) is 7.16. The number of nitrogens with zero attached hydrogens (tertiary/aromatic N) is 3. The molecule has 2 rings (SSSR count). The van der Waals surface area contributed by atoms with Gasteiger partial charge in [0, 0.05) is 18.6 Å². The first-order valence-corrected chi connectivity index (χ1v) is 5.85. The van der Waals surface area contributed by atoms with Crippen molar-refractivity contribution in [3.05, 3.63) is 23.2 Å². The molecule has 15 heavy (non-hydrogen) atoms. The van der Waals surface area contributed by atoms with Crippen LogP contribution in [-0.2, 0) is 4.79 Å². The van der Waals surface area contributed by atoms with E-state index in [-0.39, 0.29) is 11.7 Å². The normalized spacial score (nSPS) is 10.7. The number of hydrogen-bond donors (Lipinski definition) is 1. The predicted octanol–water partition coefficient (Wildman–Crippen LogP) is 1.07. The van der Waals surface area contributed by atoms with Crippen molar-refractivity contribution in [2.24, 2.45) is 5.73 Å². The second-order valence-corrected chi connectivity index (χ2v) is 4.56. The number of aromatic nitrogens is 3. The minimum atomic E-state index is -0.369. The average molecular weight is 287 g/mol. The van der Waals surface area contributed by atoms with Crippen LogP contribution in [0.3, 0.4) is 0 Å². The second kappa shape index (κ2) is 4.19. The smallest absolute Gasteiger partial charge is 0.227 e. The summed E-state index contributed by atoms with van der Waals surface area (Å²) in [5.74, 6) is -0.169. The van der Waals surface area contributed by atoms with Gasteiger partial charge in [0.2, 0.25) is 5.91 Å². The molecule has 2 N–H and O–H groups in total. The average Bonchev–Trinajstić information content (AvgIpc) is 2.61. The second-order valence-electron chi connectivity index (χ2n) is 2.78. The molecule has 78 valence electrons. The molecule has 5 nitrogen and oxygen atoms in total. The lowest BCUT2D eigenvalue weighted by molar-refractivity contribution is -0.115. The summed E-state index contributed by atoms with van der Waals surface area (Å²) in [7, 11) is 0. The van der Waals surface area contributed by atoms with Gasteiger partial charge in [-0.2, -0.15) is 0 Å². The summed E-state index contributed by atoms with van der Waals surface area (Å²) >= 11 is 4.56. The molecule has 0 aliphatic rings. The lowest BCUT2D eigenvalue weighted by atomic mass is 10.7. The number of nitrogens with two attached hydrogens (primary N) is 1. The first-order valence-electron chi connectivity index (χ1n) is 4.07. The van der Waals surface area contributed by atoms with Crippen molar-refractivity contribution in [2.45, 2.75) is 5.03 Å². The minimum Gasteiger partial charge on any atom is -0.369 e. The maximum Gasteiger partial charge on any atom is 0.227 e. The lowest BCUT2D eigenvalue weighted by Gasteiger charge is -2.01. The van der Waals surface area contributed by atoms with Crippen LogP contribution in [0, 0.1) is 0 Å². The van der Waals surface area contributed by atoms with Gasteiger partial charge in [-0.15, -0.1) is 0 Å². The summed E-state index contributed by atoms with van der Waals surface area (Å²) in [5, 5.41) is 0.688. The molecule has 2 heterocycles. The predicted molar refractivity (Wildman–Crippen MR) is 60.6 cm³/mol. The molecule has 0 bridgehead atoms. The van der Waals surface area contributed by atoms with Crippen molar-refractivity contribution in [1.29, 1.82) is 0 Å². The van der Waals surface area contributed by atoms with Gasteiger partial charge in [-0.05, 0) is 15.9 Å². The number of fused-ring (bicyclic) bond motifs is 1. The van der Waals surface area contributed by atoms with Crippen molar-refractivity contribution in [3.63, 3.8) is 0 Å². The van der Waals surface area contributed by atoms with Gasteiger partial charge in [0.05, 0.1) is 5.75 Å². The first kappa shape index (κ1) is 10.4. The number of carbonyl (C=O) groups excluding carboxylic acids is 1. The van der Waals surface area contributed by atoms with Gasteiger partial charge in [-0.3, -0.25) is 4.79 Å². The Morgan fingerprint density at radius 2 is 2.47 bits per heavy atom. The highest BCUT2D eigenvalue weighted by atomic mass is 79.9. The van der Waals surface area contributed by atoms with E-state index in [0.717, 1.165) is 5.65 Å². The van der Waals surface area contributed by atoms with Gasteiger partial charge in [0.1, 0.15) is 9.63 Å². The Hall–Kier alpha value is -1.08. The number of halogens is 1. The van der Waals surface area contributed by atoms with Crippen molar-refractivity contribution in [2.75, 3.05) is 5.75 Å². The van der Waals surface area contributed by atoms with Crippen LogP contribution >= 0.6 is 27.7 Å². The highest BCUT2D eigenvalue weighted by Gasteiger charge is 2.08. The topological polar surface area (TPSA) is 73.3 Å². The standard InChI is InChI=1S/C8H7BrN4OS/c9-5-3-13-2-1-11-7(13)8(12-5)15-4-6(10)14/h1-3H,4H2,(H2,10,14). The van der Waals surface area contributed by atoms with E-state index in [1.165, 1.54) is 11.8 Å². The van der Waals surface area contributed by atoms with Crippen LogP contribution in [0.5, 0.6) is 0 Å². The van der Waals surface area contributed by atoms with Crippen molar-refractivity contribution in [3.8, 4) is 0 Å². The molecule has 0 saturated carbocycles. The highest BCUT2D eigenvalue weighted by Crippen LogP contribution is 2.22. The van der Waals surface area contributed by atoms with Gasteiger partial charge in [0.25, 0.3) is 0 Å². The summed E-state index contributed by atoms with van der Waals surface area (Å²) in [4.78, 5) is 19.0. The molecule has 0 saturated heterocycles. The summed E-state index contributed by atoms with van der Waals surface area (Å²) in [6, 6.07) is 0. The van der Waals surface area contributed by atoms with E-state index in [4.69, 9.17) is 5.73 Å². The van der Waals surface area contributed by atoms with Gasteiger partial charge in [0.15, 0.2) is 5.65 Å². The highest BCUT2D eigenvalue weighted by molar-refractivity contribution is 9.10. The molecule has 0 aliphatic carbocycles. The molecule has 0 aromatic carbocycles. The Morgan fingerprint density at radius 1 is 1.67 bits per heavy atom. The van der Waals surface area contributed by atoms with Crippen LogP contribution < -0.4 is 5.73 Å². The van der Waals surface area contributed by atoms with E-state index in [9.17, 15) is 4.79 Å². The zero-order valence-electron chi connectivity index (χ0n) is 7.55. The fourth-order valence-corrected chi connectivity index (χ4v) is 2.35. The number of rotatable bonds is 3. The van der Waals surface area contributed by atoms with E-state index >= 15 is 0 Å². The fourth-order valence-electron chi connectivity index (χ4n) is 1.11. The summed E-state index contributed by atoms with van der Waals surface area (Å²) in [5.41, 5.74) is 5.80. The largest absolute Gasteiger partial charge is 0.369 e. The maximum atomic E-state index is 10.7. The van der Waals surface area contributed by atoms with Crippen molar-refractivity contribution >= 4 is 39.2 Å². The third kappa shape index (κ3) is 2.29. The monoisotopic (exact) mass is 286 g/mol. The quantitative estimate of drug-likeness (QED) is 0.857. The molecule has 2 aromatic heterocycles. The SMILES string of the molecule is NC(=O)CSc1nc(Br)cn2ccnc12. The summed E-state index contributed by atoms with van der Waals surface area (Å²) in [6.45, 7) is 0. The number of primary amides is 1. The van der Waals surface area contributed by atoms with E-state index in [0.29, 0.717) is 9.63 Å². The molecule has 0 radical (unpaired) electrons. The third-order valence-corrected chi connectivity index (χ3v) is 3.02. The van der Waals surface area contributed by atoms with Gasteiger partial charge in [-0.1, -0.05) is 11.8 Å². The van der Waals surface area contributed by atoms with Crippen LogP contribution in [0.15, 0.2) is 28.2 Å². The third-order valence-electron chi connectivity index (χ3n) is 1.67. The van der Waals surface area contributed by atoms with Crippen LogP contribution in [0.4, 0.5) is 0 Å². The van der Waals surface area contributed by atoms with Crippen LogP contribution in [0.2, 0.25) is 0 Å². The van der Waals surface area contributed by atoms with E-state index in [2.05, 4.69) is 25.9 Å². The molecular weight excluding hydrogens is 280 g/mol. The molecule has 0 fully saturated rings. The molecular formula is C8H7BrN4OS. The number of amides is 1. The molecule has 0 aliphatic heterocycles. The summed E-state index contributed by atoms with van der Waals surface area (Å²) < 4.78 is 2.53. The Kier molecular flexibility index (Phi) is 2.92. The minimum absolute atomic E-state index is 0.200. The maximum absolute atomic E-state index is 10.7. The number of imidazole rings is 1. The number of carbonyl (C=O) groups is 1. The molecule has 0 unspecified atom stereocenters. The van der Waals surface area contributed by atoms with Crippen LogP contribution in [0.1, 0.15) is 0 Å². The summed E-state index contributed by atoms with van der Waals surface area (Å²) in [6.07, 6.45) is 5.30. The van der Waals surface area contributed by atoms with Crippen LogP contribution in [0.25, 0.3) is 5.65 Å². The Balaban J connectivity index is 2.39. The molecule has 7 heteroatoms. The van der Waals surface area contributed by atoms with E-state index in [1.807, 2.05) is 10.6 Å². The van der Waals surface area contributed by atoms with Crippen LogP contribution in [-0.4, -0.2) is 26.0 Å².